The second-order valence-corrected chi connectivity index (χ2v) is 5.83. The van der Waals surface area contributed by atoms with Crippen LogP contribution < -0.4 is 22.0 Å². The molecule has 0 aliphatic carbocycles. The highest BCUT2D eigenvalue weighted by Gasteiger charge is 2.17. The fraction of sp³-hybridized carbons (Fsp3) is 0.750. The van der Waals surface area contributed by atoms with Crippen LogP contribution in [0.3, 0.4) is 0 Å². The van der Waals surface area contributed by atoms with Gasteiger partial charge in [-0.3, -0.25) is 24.2 Å². The summed E-state index contributed by atoms with van der Waals surface area (Å²) in [5.41, 5.74) is 2.03. The molecule has 0 saturated carbocycles. The topological polar surface area (TPSA) is 95.8 Å². The van der Waals surface area contributed by atoms with Gasteiger partial charge in [0, 0.05) is 27.2 Å². The molecule has 9 heteroatoms. The van der Waals surface area contributed by atoms with Gasteiger partial charge in [-0.25, -0.2) is 4.79 Å². The van der Waals surface area contributed by atoms with Crippen LogP contribution in [-0.2, 0) is 27.9 Å². The summed E-state index contributed by atoms with van der Waals surface area (Å²) in [5, 5.41) is 2.86. The van der Waals surface area contributed by atoms with Crippen molar-refractivity contribution in [3.63, 3.8) is 0 Å². The van der Waals surface area contributed by atoms with Crippen molar-refractivity contribution >= 4 is 11.5 Å². The second-order valence-electron chi connectivity index (χ2n) is 5.83. The smallest absolute Gasteiger partial charge is 0.332 e. The zero-order valence-corrected chi connectivity index (χ0v) is 15.2. The van der Waals surface area contributed by atoms with Crippen molar-refractivity contribution in [2.45, 2.75) is 45.4 Å². The first-order valence-electron chi connectivity index (χ1n) is 8.72. The Bertz CT molecular complexity index is 664. The summed E-state index contributed by atoms with van der Waals surface area (Å²) in [7, 11) is 3.25. The summed E-state index contributed by atoms with van der Waals surface area (Å²) in [6.07, 6.45) is 3.43. The number of hydrogen-bond donors (Lipinski definition) is 2. The first kappa shape index (κ1) is 19.5. The molecular weight excluding hydrogens is 328 g/mol. The van der Waals surface area contributed by atoms with Gasteiger partial charge >= 0.3 is 5.69 Å². The molecular formula is C16H28N4O5. The average Bonchev–Trinajstić information content (AvgIpc) is 2.63. The molecule has 2 rings (SSSR count). The number of nitrogens with one attached hydrogen (secondary N) is 2. The minimum atomic E-state index is -0.421. The minimum Gasteiger partial charge on any atom is -0.372 e. The van der Waals surface area contributed by atoms with E-state index in [0.717, 1.165) is 25.9 Å². The number of nitrogens with zero attached hydrogens (tertiary/aromatic N) is 2. The van der Waals surface area contributed by atoms with Gasteiger partial charge in [-0.2, -0.15) is 0 Å². The number of ether oxygens (including phenoxy) is 2. The van der Waals surface area contributed by atoms with Crippen molar-refractivity contribution in [2.75, 3.05) is 37.7 Å². The molecule has 1 aliphatic rings. The van der Waals surface area contributed by atoms with E-state index in [4.69, 9.17) is 14.3 Å². The van der Waals surface area contributed by atoms with Crippen LogP contribution in [0.2, 0.25) is 0 Å². The molecule has 0 spiro atoms. The van der Waals surface area contributed by atoms with E-state index in [0.29, 0.717) is 25.5 Å². The number of aromatic nitrogens is 2. The largest absolute Gasteiger partial charge is 0.372 e. The molecule has 0 radical (unpaired) electrons. The Labute approximate surface area is 146 Å². The van der Waals surface area contributed by atoms with E-state index in [1.807, 2.05) is 0 Å². The molecule has 2 N–H and O–H groups in total. The lowest BCUT2D eigenvalue weighted by molar-refractivity contribution is -0.163. The summed E-state index contributed by atoms with van der Waals surface area (Å²) < 4.78 is 13.7. The third-order valence-electron chi connectivity index (χ3n) is 4.07. The SMILES string of the molecule is CCONc1c(NC)n(C)c(=O)n(CCCOC2CCCCO2)c1=O. The summed E-state index contributed by atoms with van der Waals surface area (Å²) in [6.45, 7) is 3.62. The average molecular weight is 356 g/mol. The maximum atomic E-state index is 12.6. The van der Waals surface area contributed by atoms with E-state index in [-0.39, 0.29) is 24.2 Å². The van der Waals surface area contributed by atoms with Gasteiger partial charge in [-0.1, -0.05) is 0 Å². The molecule has 1 saturated heterocycles. The molecule has 1 aromatic rings. The van der Waals surface area contributed by atoms with E-state index >= 15 is 0 Å². The molecule has 25 heavy (non-hydrogen) atoms. The Morgan fingerprint density at radius 2 is 2.12 bits per heavy atom. The van der Waals surface area contributed by atoms with Crippen LogP contribution in [0.5, 0.6) is 0 Å². The van der Waals surface area contributed by atoms with Crippen molar-refractivity contribution in [3.8, 4) is 0 Å². The third kappa shape index (κ3) is 4.83. The van der Waals surface area contributed by atoms with Crippen LogP contribution >= 0.6 is 0 Å². The summed E-state index contributed by atoms with van der Waals surface area (Å²) in [6, 6.07) is 0. The van der Waals surface area contributed by atoms with Gasteiger partial charge in [-0.05, 0) is 32.6 Å². The molecule has 9 nitrogen and oxygen atoms in total. The van der Waals surface area contributed by atoms with Gasteiger partial charge in [0.15, 0.2) is 12.0 Å². The van der Waals surface area contributed by atoms with Crippen LogP contribution in [0.1, 0.15) is 32.6 Å². The van der Waals surface area contributed by atoms with E-state index < -0.39 is 5.56 Å². The van der Waals surface area contributed by atoms with Crippen LogP contribution in [0.15, 0.2) is 9.59 Å². The maximum absolute atomic E-state index is 12.6. The van der Waals surface area contributed by atoms with Crippen molar-refractivity contribution in [2.24, 2.45) is 7.05 Å². The van der Waals surface area contributed by atoms with Gasteiger partial charge in [0.25, 0.3) is 5.56 Å². The van der Waals surface area contributed by atoms with Crippen molar-refractivity contribution < 1.29 is 14.3 Å². The zero-order valence-electron chi connectivity index (χ0n) is 15.2. The van der Waals surface area contributed by atoms with E-state index in [1.165, 1.54) is 9.13 Å². The molecule has 142 valence electrons. The van der Waals surface area contributed by atoms with E-state index in [2.05, 4.69) is 10.8 Å². The molecule has 1 fully saturated rings. The highest BCUT2D eigenvalue weighted by Crippen LogP contribution is 2.15. The molecule has 1 aromatic heterocycles. The predicted octanol–water partition coefficient (Wildman–Crippen LogP) is 0.885. The monoisotopic (exact) mass is 356 g/mol. The molecule has 2 heterocycles. The fourth-order valence-corrected chi connectivity index (χ4v) is 2.77. The highest BCUT2D eigenvalue weighted by molar-refractivity contribution is 5.62. The minimum absolute atomic E-state index is 0.171. The number of rotatable bonds is 9. The van der Waals surface area contributed by atoms with Crippen molar-refractivity contribution in [3.05, 3.63) is 20.8 Å². The van der Waals surface area contributed by atoms with Crippen molar-refractivity contribution in [1.82, 2.24) is 9.13 Å². The van der Waals surface area contributed by atoms with E-state index in [1.54, 1.807) is 21.0 Å². The lowest BCUT2D eigenvalue weighted by atomic mass is 10.2. The Kier molecular flexibility index (Phi) is 7.48. The second kappa shape index (κ2) is 9.59. The Balaban J connectivity index is 2.07. The van der Waals surface area contributed by atoms with E-state index in [9.17, 15) is 9.59 Å². The quantitative estimate of drug-likeness (QED) is 0.501. The highest BCUT2D eigenvalue weighted by atomic mass is 16.7. The molecule has 0 amide bonds. The number of anilines is 2. The molecule has 1 aliphatic heterocycles. The zero-order chi connectivity index (χ0) is 18.2. The summed E-state index contributed by atoms with van der Waals surface area (Å²) >= 11 is 0. The first-order chi connectivity index (χ1) is 12.1. The maximum Gasteiger partial charge on any atom is 0.332 e. The van der Waals surface area contributed by atoms with Gasteiger partial charge in [0.1, 0.15) is 5.82 Å². The van der Waals surface area contributed by atoms with Crippen LogP contribution in [0.25, 0.3) is 0 Å². The fourth-order valence-electron chi connectivity index (χ4n) is 2.77. The normalized spacial score (nSPS) is 17.5. The van der Waals surface area contributed by atoms with Gasteiger partial charge < -0.3 is 14.8 Å². The van der Waals surface area contributed by atoms with Crippen molar-refractivity contribution in [1.29, 1.82) is 0 Å². The van der Waals surface area contributed by atoms with Crippen LogP contribution in [-0.4, -0.2) is 42.3 Å². The van der Waals surface area contributed by atoms with Gasteiger partial charge in [0.05, 0.1) is 13.2 Å². The molecule has 0 aromatic carbocycles. The number of hydrogen-bond acceptors (Lipinski definition) is 7. The van der Waals surface area contributed by atoms with Crippen LogP contribution in [0.4, 0.5) is 11.5 Å². The Morgan fingerprint density at radius 1 is 1.32 bits per heavy atom. The molecule has 1 atom stereocenters. The first-order valence-corrected chi connectivity index (χ1v) is 8.72. The van der Waals surface area contributed by atoms with Gasteiger partial charge in [0.2, 0.25) is 0 Å². The van der Waals surface area contributed by atoms with Gasteiger partial charge in [-0.15, -0.1) is 0 Å². The summed E-state index contributed by atoms with van der Waals surface area (Å²) in [4.78, 5) is 30.2. The lowest BCUT2D eigenvalue weighted by Gasteiger charge is -2.22. The predicted molar refractivity (Wildman–Crippen MR) is 94.9 cm³/mol. The summed E-state index contributed by atoms with van der Waals surface area (Å²) in [5.74, 6) is 0.381. The lowest BCUT2D eigenvalue weighted by Crippen LogP contribution is -2.41. The Morgan fingerprint density at radius 3 is 2.76 bits per heavy atom. The van der Waals surface area contributed by atoms with Crippen LogP contribution in [0, 0.1) is 0 Å². The molecule has 0 bridgehead atoms. The molecule has 1 unspecified atom stereocenters. The Hall–Kier alpha value is -1.84. The third-order valence-corrected chi connectivity index (χ3v) is 4.07. The standard InChI is InChI=1S/C16H28N4O5/c1-4-25-18-13-14(17-2)19(3)16(22)20(15(13)21)9-7-11-24-12-8-5-6-10-23-12/h12,17-18H,4-11H2,1-3H3.